The summed E-state index contributed by atoms with van der Waals surface area (Å²) in [6.07, 6.45) is -4.27. The van der Waals surface area contributed by atoms with Gasteiger partial charge in [-0.1, -0.05) is 0 Å². The molecule has 0 aliphatic carbocycles. The van der Waals surface area contributed by atoms with Gasteiger partial charge in [0.05, 0.1) is 24.1 Å². The highest BCUT2D eigenvalue weighted by Crippen LogP contribution is 2.36. The monoisotopic (exact) mass is 411 g/mol. The summed E-state index contributed by atoms with van der Waals surface area (Å²) in [7, 11) is 0. The summed E-state index contributed by atoms with van der Waals surface area (Å²) >= 11 is 0. The van der Waals surface area contributed by atoms with E-state index in [1.54, 1.807) is 0 Å². The third-order valence-corrected chi connectivity index (χ3v) is 4.06. The van der Waals surface area contributed by atoms with E-state index in [0.29, 0.717) is 12.6 Å². The highest BCUT2D eigenvalue weighted by Gasteiger charge is 2.34. The minimum atomic E-state index is -4.77. The van der Waals surface area contributed by atoms with Gasteiger partial charge in [0.15, 0.2) is 5.76 Å². The lowest BCUT2D eigenvalue weighted by molar-refractivity contribution is -0.136. The lowest BCUT2D eigenvalue weighted by Gasteiger charge is -2.16. The number of benzene rings is 1. The number of nitrogens with zero attached hydrogens (tertiary/aromatic N) is 1. The highest BCUT2D eigenvalue weighted by molar-refractivity contribution is 6.02. The van der Waals surface area contributed by atoms with Crippen LogP contribution in [0.15, 0.2) is 41.0 Å². The summed E-state index contributed by atoms with van der Waals surface area (Å²) in [6, 6.07) is 5.82. The van der Waals surface area contributed by atoms with E-state index in [9.17, 15) is 27.6 Å². The van der Waals surface area contributed by atoms with Crippen LogP contribution in [0.3, 0.4) is 0 Å². The number of anilines is 2. The zero-order chi connectivity index (χ0) is 21.0. The van der Waals surface area contributed by atoms with Crippen molar-refractivity contribution in [2.45, 2.75) is 12.6 Å². The molecule has 3 rings (SSSR count). The van der Waals surface area contributed by atoms with E-state index in [1.165, 1.54) is 29.4 Å². The Balaban J connectivity index is 1.69. The number of ether oxygens (including phenoxy) is 1. The Kier molecular flexibility index (Phi) is 5.76. The van der Waals surface area contributed by atoms with E-state index in [4.69, 9.17) is 9.15 Å². The fraction of sp³-hybridized carbons (Fsp3) is 0.278. The Morgan fingerprint density at radius 3 is 2.59 bits per heavy atom. The fourth-order valence-corrected chi connectivity index (χ4v) is 2.64. The Hall–Kier alpha value is -3.50. The average Bonchev–Trinajstić information content (AvgIpc) is 3.32. The number of alkyl halides is 3. The van der Waals surface area contributed by atoms with Crippen LogP contribution in [0.5, 0.6) is 0 Å². The van der Waals surface area contributed by atoms with Crippen molar-refractivity contribution in [3.05, 3.63) is 47.9 Å². The molecule has 154 valence electrons. The molecule has 29 heavy (non-hydrogen) atoms. The van der Waals surface area contributed by atoms with Crippen molar-refractivity contribution in [3.8, 4) is 0 Å². The predicted molar refractivity (Wildman–Crippen MR) is 94.3 cm³/mol. The van der Waals surface area contributed by atoms with Gasteiger partial charge in [-0.05, 0) is 30.3 Å². The summed E-state index contributed by atoms with van der Waals surface area (Å²) < 4.78 is 49.9. The van der Waals surface area contributed by atoms with Crippen molar-refractivity contribution in [2.75, 3.05) is 30.3 Å². The highest BCUT2D eigenvalue weighted by atomic mass is 19.4. The molecule has 1 fully saturated rings. The van der Waals surface area contributed by atoms with Gasteiger partial charge in [-0.15, -0.1) is 0 Å². The molecule has 2 aromatic rings. The number of carbonyl (C=O) groups excluding carboxylic acids is 3. The molecule has 2 N–H and O–H groups in total. The second-order valence-electron chi connectivity index (χ2n) is 6.09. The number of cyclic esters (lactones) is 1. The molecule has 1 aliphatic rings. The lowest BCUT2D eigenvalue weighted by Crippen LogP contribution is -2.28. The summed E-state index contributed by atoms with van der Waals surface area (Å²) in [5.41, 5.74) is -1.69. The zero-order valence-electron chi connectivity index (χ0n) is 14.9. The second-order valence-corrected chi connectivity index (χ2v) is 6.09. The van der Waals surface area contributed by atoms with E-state index in [0.717, 1.165) is 6.07 Å². The molecule has 1 saturated heterocycles. The van der Waals surface area contributed by atoms with Crippen LogP contribution in [0.25, 0.3) is 0 Å². The molecule has 0 atom stereocenters. The van der Waals surface area contributed by atoms with Crippen LogP contribution in [0.2, 0.25) is 0 Å². The molecule has 0 saturated carbocycles. The third kappa shape index (κ3) is 5.06. The zero-order valence-corrected chi connectivity index (χ0v) is 14.9. The Bertz CT molecular complexity index is 912. The number of nitrogens with one attached hydrogen (secondary N) is 2. The van der Waals surface area contributed by atoms with Crippen molar-refractivity contribution >= 4 is 29.3 Å². The van der Waals surface area contributed by atoms with Crippen molar-refractivity contribution in [2.24, 2.45) is 0 Å². The minimum absolute atomic E-state index is 0.0311. The summed E-state index contributed by atoms with van der Waals surface area (Å²) in [4.78, 5) is 36.6. The molecule has 1 aliphatic heterocycles. The van der Waals surface area contributed by atoms with Gasteiger partial charge < -0.3 is 24.7 Å². The van der Waals surface area contributed by atoms with Gasteiger partial charge in [0.1, 0.15) is 6.61 Å². The van der Waals surface area contributed by atoms with E-state index in [-0.39, 0.29) is 31.0 Å². The molecular formula is C18H16F3N3O5. The quantitative estimate of drug-likeness (QED) is 0.760. The number of hydrogen-bond acceptors (Lipinski definition) is 5. The third-order valence-electron chi connectivity index (χ3n) is 4.06. The Labute approximate surface area is 162 Å². The predicted octanol–water partition coefficient (Wildman–Crippen LogP) is 3.33. The first kappa shape index (κ1) is 20.2. The van der Waals surface area contributed by atoms with Crippen LogP contribution in [0.1, 0.15) is 22.5 Å². The molecular weight excluding hydrogens is 395 g/mol. The molecule has 2 heterocycles. The maximum absolute atomic E-state index is 13.4. The first-order valence-corrected chi connectivity index (χ1v) is 8.51. The van der Waals surface area contributed by atoms with Gasteiger partial charge in [0, 0.05) is 18.7 Å². The number of rotatable bonds is 6. The van der Waals surface area contributed by atoms with Gasteiger partial charge in [-0.25, -0.2) is 4.79 Å². The number of halogens is 3. The Morgan fingerprint density at radius 1 is 1.17 bits per heavy atom. The topological polar surface area (TPSA) is 101 Å². The molecule has 0 spiro atoms. The maximum atomic E-state index is 13.4. The van der Waals surface area contributed by atoms with Crippen molar-refractivity contribution in [1.29, 1.82) is 0 Å². The molecule has 1 aromatic carbocycles. The van der Waals surface area contributed by atoms with Gasteiger partial charge in [-0.2, -0.15) is 13.2 Å². The lowest BCUT2D eigenvalue weighted by atomic mass is 10.1. The van der Waals surface area contributed by atoms with Crippen LogP contribution < -0.4 is 10.6 Å². The fourth-order valence-electron chi connectivity index (χ4n) is 2.64. The number of carbonyl (C=O) groups is 3. The molecule has 0 bridgehead atoms. The first-order chi connectivity index (χ1) is 13.7. The van der Waals surface area contributed by atoms with Crippen LogP contribution in [-0.2, 0) is 15.7 Å². The number of amides is 3. The normalized spacial score (nSPS) is 13.9. The molecule has 8 nitrogen and oxygen atoms in total. The summed E-state index contributed by atoms with van der Waals surface area (Å²) in [6.45, 7) is 0.567. The SMILES string of the molecule is O=C(CCN1CCOC1=O)Nc1ccc(NC(=O)c2ccco2)cc1C(F)(F)F. The van der Waals surface area contributed by atoms with E-state index < -0.39 is 35.3 Å². The smallest absolute Gasteiger partial charge is 0.418 e. The molecule has 11 heteroatoms. The molecule has 1 aromatic heterocycles. The minimum Gasteiger partial charge on any atom is -0.459 e. The van der Waals surface area contributed by atoms with E-state index in [1.807, 2.05) is 0 Å². The summed E-state index contributed by atoms with van der Waals surface area (Å²) in [5, 5.41) is 4.50. The molecule has 3 amide bonds. The van der Waals surface area contributed by atoms with Gasteiger partial charge in [0.2, 0.25) is 5.91 Å². The van der Waals surface area contributed by atoms with Crippen molar-refractivity contribution < 1.29 is 36.7 Å². The van der Waals surface area contributed by atoms with E-state index in [2.05, 4.69) is 10.6 Å². The largest absolute Gasteiger partial charge is 0.459 e. The summed E-state index contributed by atoms with van der Waals surface area (Å²) in [5.74, 6) is -1.46. The standard InChI is InChI=1S/C18H16F3N3O5/c19-18(20,21)12-10-11(22-16(26)14-2-1-8-28-14)3-4-13(12)23-15(25)5-6-24-7-9-29-17(24)27/h1-4,8,10H,5-7,9H2,(H,22,26)(H,23,25). The average molecular weight is 411 g/mol. The van der Waals surface area contributed by atoms with Crippen LogP contribution >= 0.6 is 0 Å². The maximum Gasteiger partial charge on any atom is 0.418 e. The van der Waals surface area contributed by atoms with Crippen molar-refractivity contribution in [1.82, 2.24) is 4.90 Å². The van der Waals surface area contributed by atoms with Gasteiger partial charge in [0.25, 0.3) is 5.91 Å². The van der Waals surface area contributed by atoms with E-state index >= 15 is 0 Å². The molecule has 0 unspecified atom stereocenters. The van der Waals surface area contributed by atoms with Crippen LogP contribution in [0, 0.1) is 0 Å². The number of hydrogen-bond donors (Lipinski definition) is 2. The molecule has 0 radical (unpaired) electrons. The second kappa shape index (κ2) is 8.25. The Morgan fingerprint density at radius 2 is 1.97 bits per heavy atom. The van der Waals surface area contributed by atoms with Crippen molar-refractivity contribution in [3.63, 3.8) is 0 Å². The number of furan rings is 1. The first-order valence-electron chi connectivity index (χ1n) is 8.51. The van der Waals surface area contributed by atoms with Crippen LogP contribution in [-0.4, -0.2) is 42.5 Å². The van der Waals surface area contributed by atoms with Gasteiger partial charge in [-0.3, -0.25) is 9.59 Å². The van der Waals surface area contributed by atoms with Crippen LogP contribution in [0.4, 0.5) is 29.3 Å². The van der Waals surface area contributed by atoms with Gasteiger partial charge >= 0.3 is 12.3 Å².